The Morgan fingerprint density at radius 1 is 1.03 bits per heavy atom. The number of pyridine rings is 1. The lowest BCUT2D eigenvalue weighted by Crippen LogP contribution is -2.17. The molecule has 7 nitrogen and oxygen atoms in total. The van der Waals surface area contributed by atoms with Crippen molar-refractivity contribution in [2.24, 2.45) is 0 Å². The first kappa shape index (κ1) is 20.3. The Kier molecular flexibility index (Phi) is 5.49. The van der Waals surface area contributed by atoms with Crippen LogP contribution in [0.3, 0.4) is 0 Å². The maximum absolute atomic E-state index is 13.2. The van der Waals surface area contributed by atoms with Gasteiger partial charge in [0.05, 0.1) is 16.8 Å². The van der Waals surface area contributed by atoms with Crippen molar-refractivity contribution in [3.8, 4) is 16.9 Å². The van der Waals surface area contributed by atoms with Gasteiger partial charge in [0, 0.05) is 30.2 Å². The molecule has 0 saturated carbocycles. The molecule has 2 aliphatic heterocycles. The van der Waals surface area contributed by atoms with Gasteiger partial charge in [0.2, 0.25) is 0 Å². The first-order valence-electron chi connectivity index (χ1n) is 10.1. The summed E-state index contributed by atoms with van der Waals surface area (Å²) in [5.74, 6) is -0.481. The molecule has 1 N–H and O–H groups in total. The minimum Gasteiger partial charge on any atom is -0.353 e. The smallest absolute Gasteiger partial charge is 0.282 e. The van der Waals surface area contributed by atoms with E-state index in [0.717, 1.165) is 6.42 Å². The second kappa shape index (κ2) is 8.39. The van der Waals surface area contributed by atoms with Gasteiger partial charge >= 0.3 is 0 Å². The number of rotatable bonds is 6. The normalized spacial score (nSPS) is 10.9. The number of benzene rings is 2. The molecule has 0 aromatic heterocycles. The predicted molar refractivity (Wildman–Crippen MR) is 119 cm³/mol. The number of aromatic nitrogens is 3. The molecule has 0 aliphatic carbocycles. The highest BCUT2D eigenvalue weighted by Gasteiger charge is 2.24. The molecule has 0 bridgehead atoms. The van der Waals surface area contributed by atoms with E-state index in [1.54, 1.807) is 48.8 Å². The Morgan fingerprint density at radius 2 is 1.81 bits per heavy atom. The molecule has 31 heavy (non-hydrogen) atoms. The minimum atomic E-state index is -0.395. The monoisotopic (exact) mass is 414 g/mol. The van der Waals surface area contributed by atoms with Crippen LogP contribution in [-0.4, -0.2) is 26.0 Å². The highest BCUT2D eigenvalue weighted by Crippen LogP contribution is 2.24. The van der Waals surface area contributed by atoms with Gasteiger partial charge in [-0.15, -0.1) is 0 Å². The molecule has 0 spiro atoms. The van der Waals surface area contributed by atoms with Gasteiger partial charge in [0.15, 0.2) is 5.78 Å². The maximum Gasteiger partial charge on any atom is 0.282 e. The molecule has 0 radical (unpaired) electrons. The van der Waals surface area contributed by atoms with Crippen LogP contribution in [0, 0.1) is 0 Å². The summed E-state index contributed by atoms with van der Waals surface area (Å²) in [5, 5.41) is 7.30. The van der Waals surface area contributed by atoms with Crippen molar-refractivity contribution in [1.29, 1.82) is 0 Å². The number of hydrogen-bond acceptors (Lipinski definition) is 4. The van der Waals surface area contributed by atoms with Crippen molar-refractivity contribution in [3.05, 3.63) is 88.5 Å². The van der Waals surface area contributed by atoms with E-state index in [0.29, 0.717) is 40.3 Å². The third-order valence-electron chi connectivity index (χ3n) is 4.98. The summed E-state index contributed by atoms with van der Waals surface area (Å²) in [7, 11) is 0. The minimum absolute atomic E-state index is 0.0865. The topological polar surface area (TPSA) is 86.0 Å². The molecule has 4 rings (SSSR count). The third kappa shape index (κ3) is 4.02. The summed E-state index contributed by atoms with van der Waals surface area (Å²) < 4.78 is 3.15. The fourth-order valence-electron chi connectivity index (χ4n) is 3.47. The Morgan fingerprint density at radius 3 is 2.52 bits per heavy atom. The lowest BCUT2D eigenvalue weighted by atomic mass is 10.1. The van der Waals surface area contributed by atoms with Gasteiger partial charge in [-0.05, 0) is 37.6 Å². The zero-order chi connectivity index (χ0) is 22.0. The van der Waals surface area contributed by atoms with E-state index in [-0.39, 0.29) is 11.3 Å². The number of carbonyl (C=O) groups is 2. The summed E-state index contributed by atoms with van der Waals surface area (Å²) in [5.41, 5.74) is 2.37. The fourth-order valence-corrected chi connectivity index (χ4v) is 3.47. The van der Waals surface area contributed by atoms with Crippen LogP contribution >= 0.6 is 0 Å². The number of nitrogens with zero attached hydrogens (tertiary/aromatic N) is 3. The molecular weight excluding hydrogens is 392 g/mol. The number of hydrogen-bond donors (Lipinski definition) is 1. The van der Waals surface area contributed by atoms with Gasteiger partial charge < -0.3 is 9.88 Å². The quantitative estimate of drug-likeness (QED) is 0.483. The molecule has 2 aromatic rings. The van der Waals surface area contributed by atoms with Crippen LogP contribution in [0.4, 0.5) is 5.69 Å². The Balaban J connectivity index is 1.80. The van der Waals surface area contributed by atoms with Crippen LogP contribution in [0.5, 0.6) is 0 Å². The Bertz CT molecular complexity index is 1290. The molecule has 2 aromatic carbocycles. The molecule has 2 heterocycles. The number of aryl methyl sites for hydroxylation is 1. The SMILES string of the molecule is CCCn1cc(C(=O)Nc2cccc(C(C)=O)c2)c2nn(-c3ccccc3)c(=O)c-2c1. The van der Waals surface area contributed by atoms with Crippen LogP contribution in [-0.2, 0) is 6.54 Å². The standard InChI is InChI=1S/C24H22N4O3/c1-3-12-27-14-20(23(30)25-18-9-7-8-17(13-18)16(2)29)22-21(15-27)24(31)28(26-22)19-10-5-4-6-11-19/h4-11,13-15H,3,12H2,1-2H3,(H,25,30). The number of fused-ring (bicyclic) bond motifs is 1. The molecule has 0 fully saturated rings. The zero-order valence-electron chi connectivity index (χ0n) is 17.3. The van der Waals surface area contributed by atoms with Crippen molar-refractivity contribution in [2.45, 2.75) is 26.8 Å². The van der Waals surface area contributed by atoms with E-state index in [1.165, 1.54) is 11.6 Å². The summed E-state index contributed by atoms with van der Waals surface area (Å²) in [6.45, 7) is 4.16. The van der Waals surface area contributed by atoms with Crippen molar-refractivity contribution in [2.75, 3.05) is 5.32 Å². The summed E-state index contributed by atoms with van der Waals surface area (Å²) in [6, 6.07) is 15.8. The van der Waals surface area contributed by atoms with Gasteiger partial charge in [0.25, 0.3) is 11.5 Å². The lowest BCUT2D eigenvalue weighted by Gasteiger charge is -2.12. The van der Waals surface area contributed by atoms with Gasteiger partial charge in [-0.1, -0.05) is 37.3 Å². The van der Waals surface area contributed by atoms with E-state index >= 15 is 0 Å². The largest absolute Gasteiger partial charge is 0.353 e. The van der Waals surface area contributed by atoms with E-state index < -0.39 is 5.91 Å². The number of anilines is 1. The molecular formula is C24H22N4O3. The van der Waals surface area contributed by atoms with Crippen LogP contribution in [0.2, 0.25) is 0 Å². The molecule has 7 heteroatoms. The number of nitrogens with one attached hydrogen (secondary N) is 1. The highest BCUT2D eigenvalue weighted by molar-refractivity contribution is 6.08. The average Bonchev–Trinajstić information content (AvgIpc) is 3.11. The number of para-hydroxylation sites is 1. The molecule has 0 saturated heterocycles. The average molecular weight is 414 g/mol. The molecule has 1 amide bonds. The Hall–Kier alpha value is -4.00. The second-order valence-electron chi connectivity index (χ2n) is 7.32. The fraction of sp³-hybridized carbons (Fsp3) is 0.167. The first-order valence-corrected chi connectivity index (χ1v) is 10.1. The maximum atomic E-state index is 13.2. The Labute approximate surface area is 179 Å². The third-order valence-corrected chi connectivity index (χ3v) is 4.98. The molecule has 0 atom stereocenters. The lowest BCUT2D eigenvalue weighted by molar-refractivity contribution is 0.101. The number of amides is 1. The first-order chi connectivity index (χ1) is 15.0. The predicted octanol–water partition coefficient (Wildman–Crippen LogP) is 4.00. The van der Waals surface area contributed by atoms with Gasteiger partial charge in [-0.2, -0.15) is 9.78 Å². The second-order valence-corrected chi connectivity index (χ2v) is 7.32. The summed E-state index contributed by atoms with van der Waals surface area (Å²) in [6.07, 6.45) is 4.29. The van der Waals surface area contributed by atoms with E-state index in [4.69, 9.17) is 0 Å². The zero-order valence-corrected chi connectivity index (χ0v) is 17.3. The van der Waals surface area contributed by atoms with Gasteiger partial charge in [0.1, 0.15) is 5.69 Å². The highest BCUT2D eigenvalue weighted by atomic mass is 16.2. The van der Waals surface area contributed by atoms with Gasteiger partial charge in [-0.25, -0.2) is 0 Å². The van der Waals surface area contributed by atoms with Crippen LogP contribution in [0.25, 0.3) is 16.9 Å². The van der Waals surface area contributed by atoms with Gasteiger partial charge in [-0.3, -0.25) is 14.4 Å². The van der Waals surface area contributed by atoms with E-state index in [2.05, 4.69) is 10.4 Å². The van der Waals surface area contributed by atoms with Crippen molar-refractivity contribution in [3.63, 3.8) is 0 Å². The van der Waals surface area contributed by atoms with E-state index in [1.807, 2.05) is 29.7 Å². The van der Waals surface area contributed by atoms with Crippen LogP contribution in [0.1, 0.15) is 41.0 Å². The van der Waals surface area contributed by atoms with Crippen LogP contribution in [0.15, 0.2) is 71.8 Å². The van der Waals surface area contributed by atoms with Crippen molar-refractivity contribution < 1.29 is 9.59 Å². The van der Waals surface area contributed by atoms with E-state index in [9.17, 15) is 14.4 Å². The van der Waals surface area contributed by atoms with Crippen molar-refractivity contribution in [1.82, 2.24) is 14.3 Å². The number of Topliss-reactive ketones (excluding diaryl/α,β-unsaturated/α-hetero) is 1. The molecule has 0 unspecified atom stereocenters. The summed E-state index contributed by atoms with van der Waals surface area (Å²) in [4.78, 5) is 37.9. The summed E-state index contributed by atoms with van der Waals surface area (Å²) >= 11 is 0. The molecule has 156 valence electrons. The number of carbonyl (C=O) groups excluding carboxylic acids is 2. The van der Waals surface area contributed by atoms with Crippen molar-refractivity contribution >= 4 is 17.4 Å². The molecule has 2 aliphatic rings. The number of ketones is 1. The van der Waals surface area contributed by atoms with Crippen LogP contribution < -0.4 is 10.9 Å².